The first-order chi connectivity index (χ1) is 13.7. The van der Waals surface area contributed by atoms with E-state index in [2.05, 4.69) is 15.5 Å². The Bertz CT molecular complexity index is 1040. The summed E-state index contributed by atoms with van der Waals surface area (Å²) in [7, 11) is 0. The monoisotopic (exact) mass is 419 g/mol. The molecule has 0 aliphatic heterocycles. The molecule has 9 heteroatoms. The molecule has 0 bridgehead atoms. The van der Waals surface area contributed by atoms with Gasteiger partial charge in [0, 0.05) is 16.5 Å². The number of benzene rings is 2. The van der Waals surface area contributed by atoms with Crippen molar-refractivity contribution >= 4 is 28.0 Å². The first-order valence-electron chi connectivity index (χ1n) is 8.47. The minimum absolute atomic E-state index is 0.0528. The Morgan fingerprint density at radius 1 is 1.21 bits per heavy atom. The van der Waals surface area contributed by atoms with Crippen LogP contribution in [0.5, 0.6) is 5.75 Å². The van der Waals surface area contributed by atoms with E-state index < -0.39 is 24.1 Å². The number of ketones is 1. The molecule has 3 aromatic rings. The summed E-state index contributed by atoms with van der Waals surface area (Å²) in [5.41, 5.74) is 3.23. The van der Waals surface area contributed by atoms with Crippen molar-refractivity contribution in [3.63, 3.8) is 0 Å². The van der Waals surface area contributed by atoms with Crippen LogP contribution in [0.15, 0.2) is 59.0 Å². The molecule has 2 aromatic carbocycles. The van der Waals surface area contributed by atoms with Crippen LogP contribution in [0.25, 0.3) is 11.3 Å². The third-order valence-electron chi connectivity index (χ3n) is 3.96. The zero-order valence-corrected chi connectivity index (χ0v) is 16.0. The molecule has 0 atom stereocenters. The van der Waals surface area contributed by atoms with Crippen LogP contribution in [-0.2, 0) is 0 Å². The number of nitrogens with one attached hydrogen (secondary N) is 1. The van der Waals surface area contributed by atoms with Gasteiger partial charge in [-0.2, -0.15) is 18.3 Å². The van der Waals surface area contributed by atoms with Gasteiger partial charge in [-0.1, -0.05) is 42.0 Å². The number of hydrogen-bond acceptors (Lipinski definition) is 6. The van der Waals surface area contributed by atoms with Crippen molar-refractivity contribution in [2.45, 2.75) is 19.5 Å². The summed E-state index contributed by atoms with van der Waals surface area (Å²) in [6.45, 7) is 1.82. The lowest BCUT2D eigenvalue weighted by Gasteiger charge is -2.10. The van der Waals surface area contributed by atoms with Gasteiger partial charge in [0.15, 0.2) is 5.78 Å². The zero-order valence-electron chi connectivity index (χ0n) is 15.2. The van der Waals surface area contributed by atoms with E-state index in [0.717, 1.165) is 16.9 Å². The average molecular weight is 419 g/mol. The van der Waals surface area contributed by atoms with Crippen LogP contribution in [0.4, 0.5) is 18.3 Å². The first-order valence-corrected chi connectivity index (χ1v) is 9.35. The summed E-state index contributed by atoms with van der Waals surface area (Å²) >= 11 is 1.06. The molecule has 29 heavy (non-hydrogen) atoms. The van der Waals surface area contributed by atoms with Gasteiger partial charge in [0.2, 0.25) is 5.13 Å². The minimum Gasteiger partial charge on any atom is -0.508 e. The third-order valence-corrected chi connectivity index (χ3v) is 4.71. The Kier molecular flexibility index (Phi) is 5.97. The van der Waals surface area contributed by atoms with Crippen LogP contribution >= 0.6 is 11.3 Å². The number of aromatic hydroxyl groups is 1. The van der Waals surface area contributed by atoms with Crippen molar-refractivity contribution in [2.24, 2.45) is 5.10 Å². The van der Waals surface area contributed by atoms with Gasteiger partial charge in [0.1, 0.15) is 11.5 Å². The number of phenolic OH excluding ortho intramolecular Hbond substituents is 1. The fraction of sp³-hybridized carbons (Fsp3) is 0.150. The number of aromatic nitrogens is 1. The van der Waals surface area contributed by atoms with Crippen LogP contribution < -0.4 is 5.43 Å². The number of phenols is 1. The normalized spacial score (nSPS) is 12.1. The van der Waals surface area contributed by atoms with Crippen molar-refractivity contribution in [2.75, 3.05) is 5.43 Å². The van der Waals surface area contributed by atoms with Crippen LogP contribution in [0.1, 0.15) is 22.3 Å². The van der Waals surface area contributed by atoms with E-state index in [1.165, 1.54) is 24.3 Å². The Hall–Kier alpha value is -3.20. The second-order valence-corrected chi connectivity index (χ2v) is 7.08. The molecule has 150 valence electrons. The number of aryl methyl sites for hydroxylation is 1. The topological polar surface area (TPSA) is 74.6 Å². The molecule has 1 heterocycles. The number of Topliss-reactive ketones (excluding diaryl/α,β-unsaturated/α-hetero) is 1. The molecule has 0 saturated heterocycles. The maximum absolute atomic E-state index is 13.3. The molecule has 0 saturated carbocycles. The average Bonchev–Trinajstić information content (AvgIpc) is 3.13. The number of nitrogens with zero attached hydrogens (tertiary/aromatic N) is 2. The molecular weight excluding hydrogens is 403 g/mol. The third kappa shape index (κ3) is 5.41. The van der Waals surface area contributed by atoms with Crippen LogP contribution in [0, 0.1) is 6.92 Å². The van der Waals surface area contributed by atoms with Crippen molar-refractivity contribution in [1.82, 2.24) is 4.98 Å². The molecule has 3 rings (SSSR count). The van der Waals surface area contributed by atoms with Crippen molar-refractivity contribution in [1.29, 1.82) is 0 Å². The summed E-state index contributed by atoms with van der Waals surface area (Å²) < 4.78 is 39.9. The molecule has 0 aliphatic carbocycles. The number of alkyl halides is 3. The first kappa shape index (κ1) is 20.5. The fourth-order valence-corrected chi connectivity index (χ4v) is 3.10. The zero-order chi connectivity index (χ0) is 21.0. The summed E-state index contributed by atoms with van der Waals surface area (Å²) in [6, 6.07) is 12.6. The van der Waals surface area contributed by atoms with Gasteiger partial charge in [-0.25, -0.2) is 4.98 Å². The molecule has 0 amide bonds. The number of thiazole rings is 1. The van der Waals surface area contributed by atoms with Gasteiger partial charge < -0.3 is 5.11 Å². The molecule has 1 aromatic heterocycles. The SMILES string of the molecule is Cc1ccc(C(=O)C/C(=N/Nc2nc(-c3cccc(O)c3)cs2)C(F)(F)F)cc1. The predicted molar refractivity (Wildman–Crippen MR) is 106 cm³/mol. The maximum atomic E-state index is 13.3. The van der Waals surface area contributed by atoms with E-state index in [9.17, 15) is 23.1 Å². The highest BCUT2D eigenvalue weighted by Gasteiger charge is 2.37. The quantitative estimate of drug-likeness (QED) is 0.318. The Labute approximate surface area is 168 Å². The Morgan fingerprint density at radius 3 is 2.59 bits per heavy atom. The van der Waals surface area contributed by atoms with Gasteiger partial charge in [0.25, 0.3) is 0 Å². The molecule has 0 fully saturated rings. The van der Waals surface area contributed by atoms with Gasteiger partial charge in [-0.3, -0.25) is 10.2 Å². The van der Waals surface area contributed by atoms with E-state index in [1.807, 2.05) is 6.92 Å². The second kappa shape index (κ2) is 8.44. The van der Waals surface area contributed by atoms with Crippen LogP contribution in [-0.4, -0.2) is 27.8 Å². The molecule has 0 spiro atoms. The summed E-state index contributed by atoms with van der Waals surface area (Å²) in [4.78, 5) is 16.4. The van der Waals surface area contributed by atoms with Crippen molar-refractivity contribution in [3.05, 3.63) is 65.0 Å². The van der Waals surface area contributed by atoms with Crippen LogP contribution in [0.3, 0.4) is 0 Å². The standard InChI is InChI=1S/C20H16F3N3O2S/c1-12-5-7-13(8-6-12)17(28)10-18(20(21,22)23)25-26-19-24-16(11-29-19)14-3-2-4-15(27)9-14/h2-9,11,27H,10H2,1H3,(H,24,26)/b25-18-. The predicted octanol–water partition coefficient (Wildman–Crippen LogP) is 5.43. The number of rotatable bonds is 6. The van der Waals surface area contributed by atoms with Gasteiger partial charge in [0.05, 0.1) is 12.1 Å². The number of hydrogen-bond donors (Lipinski definition) is 2. The van der Waals surface area contributed by atoms with E-state index >= 15 is 0 Å². The van der Waals surface area contributed by atoms with Crippen molar-refractivity contribution < 1.29 is 23.1 Å². The lowest BCUT2D eigenvalue weighted by atomic mass is 10.0. The van der Waals surface area contributed by atoms with Crippen LogP contribution in [0.2, 0.25) is 0 Å². The number of carbonyl (C=O) groups is 1. The molecule has 0 unspecified atom stereocenters. The molecule has 2 N–H and O–H groups in total. The van der Waals surface area contributed by atoms with Gasteiger partial charge >= 0.3 is 6.18 Å². The van der Waals surface area contributed by atoms with E-state index in [1.54, 1.807) is 29.6 Å². The van der Waals surface area contributed by atoms with E-state index in [4.69, 9.17) is 0 Å². The largest absolute Gasteiger partial charge is 0.508 e. The number of carbonyl (C=O) groups excluding carboxylic acids is 1. The lowest BCUT2D eigenvalue weighted by molar-refractivity contribution is -0.0602. The van der Waals surface area contributed by atoms with E-state index in [0.29, 0.717) is 11.3 Å². The number of hydrazone groups is 1. The Balaban J connectivity index is 1.76. The number of anilines is 1. The fourth-order valence-electron chi connectivity index (χ4n) is 2.43. The smallest absolute Gasteiger partial charge is 0.431 e. The minimum atomic E-state index is -4.77. The second-order valence-electron chi connectivity index (χ2n) is 6.22. The van der Waals surface area contributed by atoms with Gasteiger partial charge in [-0.15, -0.1) is 11.3 Å². The lowest BCUT2D eigenvalue weighted by Crippen LogP contribution is -2.27. The summed E-state index contributed by atoms with van der Waals surface area (Å²) in [5.74, 6) is -0.625. The maximum Gasteiger partial charge on any atom is 0.431 e. The molecule has 5 nitrogen and oxygen atoms in total. The molecule has 0 radical (unpaired) electrons. The highest BCUT2D eigenvalue weighted by Crippen LogP contribution is 2.28. The summed E-state index contributed by atoms with van der Waals surface area (Å²) in [6.07, 6.45) is -5.65. The molecule has 0 aliphatic rings. The Morgan fingerprint density at radius 2 is 1.93 bits per heavy atom. The summed E-state index contributed by atoms with van der Waals surface area (Å²) in [5, 5.41) is 14.7. The number of halogens is 3. The molecular formula is C20H16F3N3O2S. The van der Waals surface area contributed by atoms with E-state index in [-0.39, 0.29) is 16.4 Å². The highest BCUT2D eigenvalue weighted by molar-refractivity contribution is 7.14. The van der Waals surface area contributed by atoms with Crippen molar-refractivity contribution in [3.8, 4) is 17.0 Å². The van der Waals surface area contributed by atoms with Gasteiger partial charge in [-0.05, 0) is 19.1 Å². The highest BCUT2D eigenvalue weighted by atomic mass is 32.1.